The Hall–Kier alpha value is -3.00. The maximum absolute atomic E-state index is 14.4. The van der Waals surface area contributed by atoms with E-state index < -0.39 is 11.6 Å². The van der Waals surface area contributed by atoms with Gasteiger partial charge in [-0.2, -0.15) is 0 Å². The second kappa shape index (κ2) is 7.92. The number of nitrogens with zero attached hydrogens (tertiary/aromatic N) is 4. The molecule has 31 heavy (non-hydrogen) atoms. The number of aliphatic hydroxyl groups is 1. The molecule has 5 rings (SSSR count). The lowest BCUT2D eigenvalue weighted by Gasteiger charge is -2.29. The monoisotopic (exact) mass is 426 g/mol. The lowest BCUT2D eigenvalue weighted by Crippen LogP contribution is -2.40. The van der Waals surface area contributed by atoms with Gasteiger partial charge in [0.15, 0.2) is 0 Å². The number of pyridine rings is 1. The molecule has 0 spiro atoms. The van der Waals surface area contributed by atoms with Crippen LogP contribution in [0.5, 0.6) is 0 Å². The summed E-state index contributed by atoms with van der Waals surface area (Å²) in [5.41, 5.74) is 2.30. The van der Waals surface area contributed by atoms with Crippen molar-refractivity contribution in [2.45, 2.75) is 37.8 Å². The highest BCUT2D eigenvalue weighted by Crippen LogP contribution is 2.37. The molecule has 1 aromatic carbocycles. The second-order valence-electron chi connectivity index (χ2n) is 8.30. The SMILES string of the molecule is O=C(c1cnc2ccc(N3CCC[C@@H]3c3cc(F)ccc3F)cn12)N1CCC(O)CC1. The third-order valence-electron chi connectivity index (χ3n) is 6.36. The summed E-state index contributed by atoms with van der Waals surface area (Å²) < 4.78 is 30.0. The molecule has 8 heteroatoms. The summed E-state index contributed by atoms with van der Waals surface area (Å²) in [7, 11) is 0. The maximum Gasteiger partial charge on any atom is 0.272 e. The van der Waals surface area contributed by atoms with Crippen molar-refractivity contribution in [2.24, 2.45) is 0 Å². The van der Waals surface area contributed by atoms with Gasteiger partial charge < -0.3 is 14.9 Å². The molecule has 1 atom stereocenters. The van der Waals surface area contributed by atoms with Gasteiger partial charge in [-0.3, -0.25) is 9.20 Å². The summed E-state index contributed by atoms with van der Waals surface area (Å²) in [6, 6.07) is 7.06. The molecule has 2 aliphatic rings. The van der Waals surface area contributed by atoms with Crippen LogP contribution >= 0.6 is 0 Å². The number of fused-ring (bicyclic) bond motifs is 1. The van der Waals surface area contributed by atoms with Crippen LogP contribution in [0.4, 0.5) is 14.5 Å². The van der Waals surface area contributed by atoms with E-state index in [1.165, 1.54) is 12.1 Å². The summed E-state index contributed by atoms with van der Waals surface area (Å²) in [5.74, 6) is -0.983. The Morgan fingerprint density at radius 2 is 1.87 bits per heavy atom. The minimum absolute atomic E-state index is 0.120. The van der Waals surface area contributed by atoms with Crippen LogP contribution in [-0.4, -0.2) is 51.0 Å². The van der Waals surface area contributed by atoms with Gasteiger partial charge in [0.2, 0.25) is 0 Å². The molecule has 2 fully saturated rings. The van der Waals surface area contributed by atoms with Crippen LogP contribution in [0, 0.1) is 11.6 Å². The minimum atomic E-state index is -0.451. The number of anilines is 1. The topological polar surface area (TPSA) is 61.1 Å². The molecule has 0 unspecified atom stereocenters. The van der Waals surface area contributed by atoms with E-state index >= 15 is 0 Å². The Bertz CT molecular complexity index is 1120. The molecular formula is C23H24F2N4O2. The van der Waals surface area contributed by atoms with Gasteiger partial charge in [-0.1, -0.05) is 0 Å². The molecule has 6 nitrogen and oxygen atoms in total. The number of imidazole rings is 1. The van der Waals surface area contributed by atoms with Crippen LogP contribution < -0.4 is 4.90 Å². The zero-order chi connectivity index (χ0) is 21.5. The molecule has 2 aliphatic heterocycles. The molecule has 0 saturated carbocycles. The molecule has 0 bridgehead atoms. The Morgan fingerprint density at radius 1 is 1.06 bits per heavy atom. The largest absolute Gasteiger partial charge is 0.393 e. The van der Waals surface area contributed by atoms with Crippen LogP contribution in [0.25, 0.3) is 5.65 Å². The van der Waals surface area contributed by atoms with Gasteiger partial charge >= 0.3 is 0 Å². The highest BCUT2D eigenvalue weighted by Gasteiger charge is 2.30. The Labute approximate surface area is 178 Å². The first kappa shape index (κ1) is 19.9. The molecule has 162 valence electrons. The van der Waals surface area contributed by atoms with E-state index in [1.54, 1.807) is 15.5 Å². The van der Waals surface area contributed by atoms with Gasteiger partial charge in [-0.05, 0) is 56.0 Å². The number of carbonyl (C=O) groups excluding carboxylic acids is 1. The lowest BCUT2D eigenvalue weighted by atomic mass is 10.0. The number of rotatable bonds is 3. The van der Waals surface area contributed by atoms with Crippen LogP contribution in [0.3, 0.4) is 0 Å². The normalized spacial score (nSPS) is 20.0. The van der Waals surface area contributed by atoms with E-state index in [1.807, 2.05) is 18.3 Å². The number of carbonyl (C=O) groups is 1. The van der Waals surface area contributed by atoms with Gasteiger partial charge in [-0.15, -0.1) is 0 Å². The molecule has 3 aromatic rings. The predicted molar refractivity (Wildman–Crippen MR) is 112 cm³/mol. The molecule has 4 heterocycles. The number of piperidine rings is 1. The van der Waals surface area contributed by atoms with Gasteiger partial charge in [0.25, 0.3) is 5.91 Å². The van der Waals surface area contributed by atoms with Crippen molar-refractivity contribution in [3.63, 3.8) is 0 Å². The van der Waals surface area contributed by atoms with E-state index in [0.29, 0.717) is 49.4 Å². The van der Waals surface area contributed by atoms with Gasteiger partial charge in [0, 0.05) is 31.4 Å². The van der Waals surface area contributed by atoms with E-state index in [-0.39, 0.29) is 18.1 Å². The Morgan fingerprint density at radius 3 is 2.68 bits per heavy atom. The van der Waals surface area contributed by atoms with Crippen LogP contribution in [0.15, 0.2) is 42.7 Å². The number of hydrogen-bond donors (Lipinski definition) is 1. The number of benzene rings is 1. The summed E-state index contributed by atoms with van der Waals surface area (Å²) in [5, 5.41) is 9.71. The fourth-order valence-corrected chi connectivity index (χ4v) is 4.70. The first-order valence-corrected chi connectivity index (χ1v) is 10.7. The van der Waals surface area contributed by atoms with Crippen molar-refractivity contribution >= 4 is 17.2 Å². The number of hydrogen-bond acceptors (Lipinski definition) is 4. The molecule has 1 N–H and O–H groups in total. The molecule has 2 saturated heterocycles. The zero-order valence-electron chi connectivity index (χ0n) is 17.0. The number of likely N-dealkylation sites (tertiary alicyclic amines) is 1. The second-order valence-corrected chi connectivity index (χ2v) is 8.30. The third kappa shape index (κ3) is 3.65. The summed E-state index contributed by atoms with van der Waals surface area (Å²) in [4.78, 5) is 21.2. The molecule has 1 amide bonds. The number of halogens is 2. The zero-order valence-corrected chi connectivity index (χ0v) is 17.0. The summed E-state index contributed by atoms with van der Waals surface area (Å²) in [6.45, 7) is 1.74. The maximum atomic E-state index is 14.4. The quantitative estimate of drug-likeness (QED) is 0.696. The number of aromatic nitrogens is 2. The van der Waals surface area contributed by atoms with Crippen molar-refractivity contribution in [1.82, 2.24) is 14.3 Å². The lowest BCUT2D eigenvalue weighted by molar-refractivity contribution is 0.0540. The Balaban J connectivity index is 1.47. The predicted octanol–water partition coefficient (Wildman–Crippen LogP) is 3.55. The first-order valence-electron chi connectivity index (χ1n) is 10.7. The van der Waals surface area contributed by atoms with Crippen molar-refractivity contribution < 1.29 is 18.7 Å². The summed E-state index contributed by atoms with van der Waals surface area (Å²) >= 11 is 0. The van der Waals surface area contributed by atoms with Crippen molar-refractivity contribution in [2.75, 3.05) is 24.5 Å². The highest BCUT2D eigenvalue weighted by atomic mass is 19.1. The molecule has 0 radical (unpaired) electrons. The van der Waals surface area contributed by atoms with Gasteiger partial charge in [-0.25, -0.2) is 13.8 Å². The molecular weight excluding hydrogens is 402 g/mol. The van der Waals surface area contributed by atoms with Crippen molar-refractivity contribution in [3.05, 3.63) is 65.6 Å². The summed E-state index contributed by atoms with van der Waals surface area (Å²) in [6.07, 6.45) is 5.80. The molecule has 2 aromatic heterocycles. The highest BCUT2D eigenvalue weighted by molar-refractivity contribution is 5.93. The average Bonchev–Trinajstić information content (AvgIpc) is 3.42. The van der Waals surface area contributed by atoms with E-state index in [0.717, 1.165) is 24.6 Å². The number of amides is 1. The van der Waals surface area contributed by atoms with E-state index in [9.17, 15) is 18.7 Å². The molecule has 0 aliphatic carbocycles. The van der Waals surface area contributed by atoms with E-state index in [4.69, 9.17) is 0 Å². The number of aliphatic hydroxyl groups excluding tert-OH is 1. The first-order chi connectivity index (χ1) is 15.0. The fourth-order valence-electron chi connectivity index (χ4n) is 4.70. The fraction of sp³-hybridized carbons (Fsp3) is 0.391. The Kier molecular flexibility index (Phi) is 5.09. The van der Waals surface area contributed by atoms with Crippen LogP contribution in [0.1, 0.15) is 47.8 Å². The van der Waals surface area contributed by atoms with Crippen LogP contribution in [-0.2, 0) is 0 Å². The van der Waals surface area contributed by atoms with Crippen molar-refractivity contribution in [1.29, 1.82) is 0 Å². The van der Waals surface area contributed by atoms with Gasteiger partial charge in [0.05, 0.1) is 24.0 Å². The van der Waals surface area contributed by atoms with Gasteiger partial charge in [0.1, 0.15) is 23.0 Å². The van der Waals surface area contributed by atoms with Crippen molar-refractivity contribution in [3.8, 4) is 0 Å². The minimum Gasteiger partial charge on any atom is -0.393 e. The van der Waals surface area contributed by atoms with E-state index in [2.05, 4.69) is 9.88 Å². The third-order valence-corrected chi connectivity index (χ3v) is 6.36. The average molecular weight is 426 g/mol. The van der Waals surface area contributed by atoms with Crippen LogP contribution in [0.2, 0.25) is 0 Å². The smallest absolute Gasteiger partial charge is 0.272 e. The standard InChI is InChI=1S/C23H24F2N4O2/c24-15-3-5-19(25)18(12-15)20-2-1-9-28(20)16-4-6-22-26-13-21(29(22)14-16)23(31)27-10-7-17(30)8-11-27/h3-6,12-14,17,20,30H,1-2,7-11H2/t20-/m1/s1.